The SMILES string of the molecule is CCC(=O)Nc1ccc2c(OCC(O)CNC(C)C)cccc2c1. The van der Waals surface area contributed by atoms with Crippen molar-refractivity contribution < 1.29 is 14.6 Å². The molecule has 0 aliphatic heterocycles. The van der Waals surface area contributed by atoms with Gasteiger partial charge in [-0.05, 0) is 29.7 Å². The molecule has 5 nitrogen and oxygen atoms in total. The fraction of sp³-hybridized carbons (Fsp3) is 0.421. The first-order chi connectivity index (χ1) is 11.5. The van der Waals surface area contributed by atoms with Crippen molar-refractivity contribution in [3.8, 4) is 5.75 Å². The molecule has 0 fully saturated rings. The molecule has 2 aromatic carbocycles. The highest BCUT2D eigenvalue weighted by molar-refractivity contribution is 5.96. The van der Waals surface area contributed by atoms with Gasteiger partial charge in [0.1, 0.15) is 18.5 Å². The molecule has 2 aromatic rings. The third kappa shape index (κ3) is 5.22. The minimum absolute atomic E-state index is 0.0115. The number of aliphatic hydroxyl groups excluding tert-OH is 1. The number of hydrogen-bond donors (Lipinski definition) is 3. The Morgan fingerprint density at radius 1 is 1.25 bits per heavy atom. The van der Waals surface area contributed by atoms with Gasteiger partial charge in [0.25, 0.3) is 0 Å². The summed E-state index contributed by atoms with van der Waals surface area (Å²) in [6.07, 6.45) is -0.116. The fourth-order valence-corrected chi connectivity index (χ4v) is 2.32. The average Bonchev–Trinajstić information content (AvgIpc) is 2.57. The Hall–Kier alpha value is -2.11. The van der Waals surface area contributed by atoms with Gasteiger partial charge in [0, 0.05) is 30.1 Å². The van der Waals surface area contributed by atoms with Crippen molar-refractivity contribution in [2.45, 2.75) is 39.3 Å². The predicted molar refractivity (Wildman–Crippen MR) is 97.5 cm³/mol. The van der Waals surface area contributed by atoms with Crippen molar-refractivity contribution >= 4 is 22.4 Å². The molecular formula is C19H26N2O3. The van der Waals surface area contributed by atoms with Gasteiger partial charge in [0.15, 0.2) is 0 Å². The summed E-state index contributed by atoms with van der Waals surface area (Å²) in [5, 5.41) is 17.9. The number of nitrogens with one attached hydrogen (secondary N) is 2. The quantitative estimate of drug-likeness (QED) is 0.696. The molecule has 5 heteroatoms. The third-order valence-electron chi connectivity index (χ3n) is 3.64. The van der Waals surface area contributed by atoms with E-state index in [9.17, 15) is 9.90 Å². The molecule has 2 rings (SSSR count). The summed E-state index contributed by atoms with van der Waals surface area (Å²) in [6.45, 7) is 6.62. The van der Waals surface area contributed by atoms with Gasteiger partial charge < -0.3 is 20.5 Å². The molecule has 0 aromatic heterocycles. The highest BCUT2D eigenvalue weighted by Gasteiger charge is 2.09. The number of amides is 1. The summed E-state index contributed by atoms with van der Waals surface area (Å²) in [6, 6.07) is 11.8. The average molecular weight is 330 g/mol. The van der Waals surface area contributed by atoms with Crippen molar-refractivity contribution in [1.82, 2.24) is 5.32 Å². The Balaban J connectivity index is 2.07. The van der Waals surface area contributed by atoms with Crippen LogP contribution < -0.4 is 15.4 Å². The van der Waals surface area contributed by atoms with Gasteiger partial charge in [-0.15, -0.1) is 0 Å². The van der Waals surface area contributed by atoms with E-state index in [1.54, 1.807) is 0 Å². The van der Waals surface area contributed by atoms with Crippen LogP contribution in [0.25, 0.3) is 10.8 Å². The Labute approximate surface area is 143 Å². The second kappa shape index (κ2) is 8.66. The predicted octanol–water partition coefficient (Wildman–Crippen LogP) is 2.93. The molecule has 0 aliphatic carbocycles. The minimum atomic E-state index is -0.564. The Kier molecular flexibility index (Phi) is 6.58. The largest absolute Gasteiger partial charge is 0.490 e. The van der Waals surface area contributed by atoms with Crippen LogP contribution in [0.3, 0.4) is 0 Å². The zero-order valence-corrected chi connectivity index (χ0v) is 14.5. The molecule has 0 heterocycles. The molecule has 0 aliphatic rings. The zero-order chi connectivity index (χ0) is 17.5. The highest BCUT2D eigenvalue weighted by atomic mass is 16.5. The van der Waals surface area contributed by atoms with E-state index < -0.39 is 6.10 Å². The first-order valence-electron chi connectivity index (χ1n) is 8.36. The second-order valence-corrected chi connectivity index (χ2v) is 6.12. The van der Waals surface area contributed by atoms with Crippen LogP contribution in [0.4, 0.5) is 5.69 Å². The maximum absolute atomic E-state index is 11.5. The van der Waals surface area contributed by atoms with Crippen LogP contribution in [0.15, 0.2) is 36.4 Å². The van der Waals surface area contributed by atoms with Crippen molar-refractivity contribution in [1.29, 1.82) is 0 Å². The lowest BCUT2D eigenvalue weighted by Gasteiger charge is -2.16. The molecule has 0 saturated heterocycles. The lowest BCUT2D eigenvalue weighted by Crippen LogP contribution is -2.35. The molecule has 1 amide bonds. The van der Waals surface area contributed by atoms with Gasteiger partial charge in [-0.1, -0.05) is 32.9 Å². The lowest BCUT2D eigenvalue weighted by atomic mass is 10.1. The van der Waals surface area contributed by atoms with E-state index in [0.29, 0.717) is 19.0 Å². The van der Waals surface area contributed by atoms with Gasteiger partial charge in [0.2, 0.25) is 5.91 Å². The van der Waals surface area contributed by atoms with Crippen molar-refractivity contribution in [2.75, 3.05) is 18.5 Å². The maximum Gasteiger partial charge on any atom is 0.224 e. The van der Waals surface area contributed by atoms with E-state index in [0.717, 1.165) is 22.2 Å². The standard InChI is InChI=1S/C19H26N2O3/c1-4-19(23)21-15-8-9-17-14(10-15)6-5-7-18(17)24-12-16(22)11-20-13(2)3/h5-10,13,16,20,22H,4,11-12H2,1-3H3,(H,21,23). The first-order valence-corrected chi connectivity index (χ1v) is 8.36. The number of hydrogen-bond acceptors (Lipinski definition) is 4. The Bertz CT molecular complexity index is 685. The van der Waals surface area contributed by atoms with Crippen molar-refractivity contribution in [3.63, 3.8) is 0 Å². The number of carbonyl (C=O) groups is 1. The summed E-state index contributed by atoms with van der Waals surface area (Å²) in [5.74, 6) is 0.715. The monoisotopic (exact) mass is 330 g/mol. The molecule has 0 spiro atoms. The van der Waals surface area contributed by atoms with Crippen molar-refractivity contribution in [3.05, 3.63) is 36.4 Å². The van der Waals surface area contributed by atoms with Crippen LogP contribution in [0.1, 0.15) is 27.2 Å². The topological polar surface area (TPSA) is 70.6 Å². The number of aliphatic hydroxyl groups is 1. The summed E-state index contributed by atoms with van der Waals surface area (Å²) in [5.41, 5.74) is 0.771. The van der Waals surface area contributed by atoms with Gasteiger partial charge in [-0.25, -0.2) is 0 Å². The van der Waals surface area contributed by atoms with Crippen LogP contribution in [0.5, 0.6) is 5.75 Å². The molecule has 3 N–H and O–H groups in total. The molecule has 1 unspecified atom stereocenters. The van der Waals surface area contributed by atoms with Crippen LogP contribution in [0, 0.1) is 0 Å². The number of fused-ring (bicyclic) bond motifs is 1. The molecule has 1 atom stereocenters. The number of benzene rings is 2. The van der Waals surface area contributed by atoms with Gasteiger partial charge in [0.05, 0.1) is 0 Å². The van der Waals surface area contributed by atoms with E-state index in [4.69, 9.17) is 4.74 Å². The zero-order valence-electron chi connectivity index (χ0n) is 14.5. The summed E-state index contributed by atoms with van der Waals surface area (Å²) in [4.78, 5) is 11.5. The van der Waals surface area contributed by atoms with E-state index in [-0.39, 0.29) is 12.5 Å². The highest BCUT2D eigenvalue weighted by Crippen LogP contribution is 2.28. The van der Waals surface area contributed by atoms with Gasteiger partial charge in [-0.3, -0.25) is 4.79 Å². The van der Waals surface area contributed by atoms with E-state index in [1.165, 1.54) is 0 Å². The van der Waals surface area contributed by atoms with Crippen LogP contribution in [-0.4, -0.2) is 36.3 Å². The van der Waals surface area contributed by atoms with Gasteiger partial charge >= 0.3 is 0 Å². The van der Waals surface area contributed by atoms with E-state index >= 15 is 0 Å². The van der Waals surface area contributed by atoms with Crippen molar-refractivity contribution in [2.24, 2.45) is 0 Å². The summed E-state index contributed by atoms with van der Waals surface area (Å²) in [7, 11) is 0. The van der Waals surface area contributed by atoms with E-state index in [1.807, 2.05) is 57.2 Å². The first kappa shape index (κ1) is 18.2. The normalized spacial score (nSPS) is 12.4. The van der Waals surface area contributed by atoms with E-state index in [2.05, 4.69) is 10.6 Å². The lowest BCUT2D eigenvalue weighted by molar-refractivity contribution is -0.115. The molecule has 24 heavy (non-hydrogen) atoms. The number of anilines is 1. The van der Waals surface area contributed by atoms with Crippen LogP contribution >= 0.6 is 0 Å². The summed E-state index contributed by atoms with van der Waals surface area (Å²) >= 11 is 0. The smallest absolute Gasteiger partial charge is 0.224 e. The number of rotatable bonds is 8. The Morgan fingerprint density at radius 2 is 2.04 bits per heavy atom. The molecule has 130 valence electrons. The molecule has 0 saturated carbocycles. The fourth-order valence-electron chi connectivity index (χ4n) is 2.32. The summed E-state index contributed by atoms with van der Waals surface area (Å²) < 4.78 is 5.78. The maximum atomic E-state index is 11.5. The van der Waals surface area contributed by atoms with Crippen LogP contribution in [0.2, 0.25) is 0 Å². The van der Waals surface area contributed by atoms with Crippen LogP contribution in [-0.2, 0) is 4.79 Å². The minimum Gasteiger partial charge on any atom is -0.490 e. The molecule has 0 bridgehead atoms. The molecular weight excluding hydrogens is 304 g/mol. The Morgan fingerprint density at radius 3 is 2.75 bits per heavy atom. The third-order valence-corrected chi connectivity index (χ3v) is 3.64. The number of carbonyl (C=O) groups excluding carboxylic acids is 1. The number of ether oxygens (including phenoxy) is 1. The van der Waals surface area contributed by atoms with Gasteiger partial charge in [-0.2, -0.15) is 0 Å². The molecule has 0 radical (unpaired) electrons. The second-order valence-electron chi connectivity index (χ2n) is 6.12.